The molecular weight excluding hydrogens is 162 g/mol. The third-order valence-electron chi connectivity index (χ3n) is 1.96. The van der Waals surface area contributed by atoms with Crippen LogP contribution in [0.1, 0.15) is 20.3 Å². The van der Waals surface area contributed by atoms with E-state index in [0.717, 1.165) is 12.1 Å². The Kier molecular flexibility index (Phi) is 3.71. The average molecular weight is 179 g/mol. The van der Waals surface area contributed by atoms with Gasteiger partial charge in [-0.15, -0.1) is 0 Å². The van der Waals surface area contributed by atoms with Gasteiger partial charge < -0.3 is 5.73 Å². The first-order valence-electron chi connectivity index (χ1n) is 4.68. The molecule has 2 N–H and O–H groups in total. The summed E-state index contributed by atoms with van der Waals surface area (Å²) >= 11 is 0. The number of rotatable bonds is 3. The van der Waals surface area contributed by atoms with Crippen LogP contribution < -0.4 is 5.73 Å². The average Bonchev–Trinajstić information content (AvgIpc) is 2.15. The van der Waals surface area contributed by atoms with Crippen molar-refractivity contribution in [1.29, 1.82) is 0 Å². The van der Waals surface area contributed by atoms with E-state index in [2.05, 4.69) is 25.0 Å². The maximum Gasteiger partial charge on any atom is 0.0677 e. The van der Waals surface area contributed by atoms with E-state index in [0.29, 0.717) is 12.6 Å². The third-order valence-corrected chi connectivity index (χ3v) is 1.96. The smallest absolute Gasteiger partial charge is 0.0677 e. The Morgan fingerprint density at radius 1 is 1.69 bits per heavy atom. The summed E-state index contributed by atoms with van der Waals surface area (Å²) in [5.74, 6) is 0. The van der Waals surface area contributed by atoms with Gasteiger partial charge in [0.25, 0.3) is 0 Å². The van der Waals surface area contributed by atoms with Gasteiger partial charge >= 0.3 is 0 Å². The number of nitrogens with zero attached hydrogens (tertiary/aromatic N) is 2. The van der Waals surface area contributed by atoms with E-state index in [1.54, 1.807) is 0 Å². The monoisotopic (exact) mass is 179 g/mol. The van der Waals surface area contributed by atoms with Gasteiger partial charge in [0.2, 0.25) is 0 Å². The number of allylic oxidation sites excluding steroid dienone is 2. The molecule has 1 rings (SSSR count). The first-order valence-corrected chi connectivity index (χ1v) is 4.68. The van der Waals surface area contributed by atoms with Crippen LogP contribution in [-0.2, 0) is 0 Å². The molecule has 0 aromatic carbocycles. The van der Waals surface area contributed by atoms with Crippen molar-refractivity contribution < 1.29 is 0 Å². The standard InChI is InChI=1S/C10H17N3/c1-3-7-12-13-9(2)5-4-6-10(13)8-11/h4-7,9H,3,8,11H2,1-2H3/b12-7-. The van der Waals surface area contributed by atoms with Crippen LogP contribution in [-0.4, -0.2) is 23.8 Å². The fraction of sp³-hybridized carbons (Fsp3) is 0.500. The van der Waals surface area contributed by atoms with E-state index < -0.39 is 0 Å². The second-order valence-electron chi connectivity index (χ2n) is 3.04. The van der Waals surface area contributed by atoms with Crippen molar-refractivity contribution in [2.45, 2.75) is 26.3 Å². The second kappa shape index (κ2) is 4.82. The summed E-state index contributed by atoms with van der Waals surface area (Å²) in [6.45, 7) is 4.71. The van der Waals surface area contributed by atoms with Crippen LogP contribution in [0.25, 0.3) is 0 Å². The first kappa shape index (κ1) is 9.99. The SMILES string of the molecule is CC/C=N\N1C(CN)=CC=CC1C. The van der Waals surface area contributed by atoms with E-state index in [9.17, 15) is 0 Å². The molecule has 0 aliphatic carbocycles. The van der Waals surface area contributed by atoms with Crippen molar-refractivity contribution in [3.63, 3.8) is 0 Å². The fourth-order valence-electron chi connectivity index (χ4n) is 1.26. The normalized spacial score (nSPS) is 22.5. The molecule has 0 spiro atoms. The predicted molar refractivity (Wildman–Crippen MR) is 56.4 cm³/mol. The summed E-state index contributed by atoms with van der Waals surface area (Å²) in [5, 5.41) is 6.31. The molecule has 0 saturated carbocycles. The van der Waals surface area contributed by atoms with E-state index in [1.165, 1.54) is 0 Å². The van der Waals surface area contributed by atoms with Crippen molar-refractivity contribution in [1.82, 2.24) is 5.01 Å². The van der Waals surface area contributed by atoms with Crippen LogP contribution in [0.3, 0.4) is 0 Å². The molecule has 0 aromatic heterocycles. The Balaban J connectivity index is 2.74. The van der Waals surface area contributed by atoms with Gasteiger partial charge in [-0.1, -0.05) is 19.1 Å². The highest BCUT2D eigenvalue weighted by atomic mass is 15.5. The maximum absolute atomic E-state index is 5.61. The third kappa shape index (κ3) is 2.42. The van der Waals surface area contributed by atoms with Gasteiger partial charge in [0.05, 0.1) is 11.7 Å². The van der Waals surface area contributed by atoms with Gasteiger partial charge in [-0.25, -0.2) is 0 Å². The van der Waals surface area contributed by atoms with Crippen LogP contribution >= 0.6 is 0 Å². The van der Waals surface area contributed by atoms with Crippen LogP contribution in [0.15, 0.2) is 29.0 Å². The summed E-state index contributed by atoms with van der Waals surface area (Å²) < 4.78 is 0. The molecule has 0 bridgehead atoms. The zero-order valence-electron chi connectivity index (χ0n) is 8.27. The van der Waals surface area contributed by atoms with E-state index in [1.807, 2.05) is 23.4 Å². The summed E-state index contributed by atoms with van der Waals surface area (Å²) in [6.07, 6.45) is 8.99. The lowest BCUT2D eigenvalue weighted by Crippen LogP contribution is -2.31. The molecule has 1 unspecified atom stereocenters. The van der Waals surface area contributed by atoms with Crippen LogP contribution in [0.2, 0.25) is 0 Å². The highest BCUT2D eigenvalue weighted by molar-refractivity contribution is 5.56. The molecular formula is C10H17N3. The Hall–Kier alpha value is -1.09. The molecule has 1 atom stereocenters. The summed E-state index contributed by atoms with van der Waals surface area (Å²) in [4.78, 5) is 0. The lowest BCUT2D eigenvalue weighted by Gasteiger charge is -2.28. The van der Waals surface area contributed by atoms with E-state index in [4.69, 9.17) is 5.73 Å². The molecule has 13 heavy (non-hydrogen) atoms. The number of hydrogen-bond acceptors (Lipinski definition) is 3. The second-order valence-corrected chi connectivity index (χ2v) is 3.04. The maximum atomic E-state index is 5.61. The zero-order chi connectivity index (χ0) is 9.68. The lowest BCUT2D eigenvalue weighted by atomic mass is 10.2. The molecule has 3 heteroatoms. The Bertz CT molecular complexity index is 241. The predicted octanol–water partition coefficient (Wildman–Crippen LogP) is 1.49. The molecule has 72 valence electrons. The first-order chi connectivity index (χ1) is 6.29. The minimum Gasteiger partial charge on any atom is -0.325 e. The number of hydrogen-bond donors (Lipinski definition) is 1. The molecule has 0 saturated heterocycles. The summed E-state index contributed by atoms with van der Waals surface area (Å²) in [6, 6.07) is 0.311. The molecule has 1 aliphatic rings. The molecule has 1 aliphatic heterocycles. The highest BCUT2D eigenvalue weighted by Gasteiger charge is 2.14. The quantitative estimate of drug-likeness (QED) is 0.667. The highest BCUT2D eigenvalue weighted by Crippen LogP contribution is 2.14. The van der Waals surface area contributed by atoms with Crippen LogP contribution in [0.5, 0.6) is 0 Å². The lowest BCUT2D eigenvalue weighted by molar-refractivity contribution is 0.316. The molecule has 0 radical (unpaired) electrons. The zero-order valence-corrected chi connectivity index (χ0v) is 8.27. The van der Waals surface area contributed by atoms with E-state index in [-0.39, 0.29) is 0 Å². The Labute approximate surface area is 79.6 Å². The summed E-state index contributed by atoms with van der Waals surface area (Å²) in [5.41, 5.74) is 6.68. The minimum absolute atomic E-state index is 0.311. The van der Waals surface area contributed by atoms with E-state index >= 15 is 0 Å². The molecule has 0 aromatic rings. The molecule has 0 fully saturated rings. The van der Waals surface area contributed by atoms with Crippen molar-refractivity contribution in [2.75, 3.05) is 6.54 Å². The molecule has 0 amide bonds. The van der Waals surface area contributed by atoms with Gasteiger partial charge in [-0.3, -0.25) is 5.01 Å². The fourth-order valence-corrected chi connectivity index (χ4v) is 1.26. The topological polar surface area (TPSA) is 41.6 Å². The van der Waals surface area contributed by atoms with Gasteiger partial charge in [0, 0.05) is 12.8 Å². The van der Waals surface area contributed by atoms with Crippen molar-refractivity contribution in [3.05, 3.63) is 23.9 Å². The number of nitrogens with two attached hydrogens (primary N) is 1. The minimum atomic E-state index is 0.311. The van der Waals surface area contributed by atoms with Crippen LogP contribution in [0.4, 0.5) is 0 Å². The molecule has 3 nitrogen and oxygen atoms in total. The van der Waals surface area contributed by atoms with Gasteiger partial charge in [0.1, 0.15) is 0 Å². The largest absolute Gasteiger partial charge is 0.325 e. The number of hydrazone groups is 1. The van der Waals surface area contributed by atoms with Crippen LogP contribution in [0, 0.1) is 0 Å². The van der Waals surface area contributed by atoms with Gasteiger partial charge in [0.15, 0.2) is 0 Å². The van der Waals surface area contributed by atoms with Crippen molar-refractivity contribution in [3.8, 4) is 0 Å². The van der Waals surface area contributed by atoms with Gasteiger partial charge in [-0.2, -0.15) is 5.10 Å². The summed E-state index contributed by atoms with van der Waals surface area (Å²) in [7, 11) is 0. The van der Waals surface area contributed by atoms with Crippen molar-refractivity contribution in [2.24, 2.45) is 10.8 Å². The Morgan fingerprint density at radius 2 is 2.46 bits per heavy atom. The van der Waals surface area contributed by atoms with Gasteiger partial charge in [-0.05, 0) is 19.4 Å². The molecule has 1 heterocycles. The van der Waals surface area contributed by atoms with Crippen molar-refractivity contribution >= 4 is 6.21 Å². The Morgan fingerprint density at radius 3 is 3.08 bits per heavy atom.